The fraction of sp³-hybridized carbons (Fsp3) is 0.526. The number of hydrogen-bond acceptors (Lipinski definition) is 7. The normalized spacial score (nSPS) is 11.4. The van der Waals surface area contributed by atoms with Crippen molar-refractivity contribution in [3.8, 4) is 23.7 Å². The highest BCUT2D eigenvalue weighted by Gasteiger charge is 2.06. The standard InChI is InChI=1S/C38H50N4O3/c1-3-5-7-9-11-13-15-32-24-39-37(40-25-32)21-18-31-17-19-34(35(23-31)29-45-30-36(44)28-43)20-22-38-41-26-33(27-42-38)16-14-12-10-8-6-4-2/h17,19,23-27,36,43-44H,3-16,28-30H2,1-2H3. The van der Waals surface area contributed by atoms with Crippen molar-refractivity contribution in [2.45, 2.75) is 116 Å². The van der Waals surface area contributed by atoms with Crippen LogP contribution in [0, 0.1) is 23.7 Å². The molecule has 7 heteroatoms. The first kappa shape index (κ1) is 35.9. The Balaban J connectivity index is 1.63. The molecule has 0 bridgehead atoms. The summed E-state index contributed by atoms with van der Waals surface area (Å²) < 4.78 is 5.66. The number of rotatable bonds is 19. The van der Waals surface area contributed by atoms with Gasteiger partial charge >= 0.3 is 0 Å². The van der Waals surface area contributed by atoms with Crippen LogP contribution in [0.2, 0.25) is 0 Å². The molecule has 0 amide bonds. The monoisotopic (exact) mass is 610 g/mol. The van der Waals surface area contributed by atoms with Gasteiger partial charge in [0.1, 0.15) is 6.10 Å². The van der Waals surface area contributed by atoms with Crippen molar-refractivity contribution in [3.63, 3.8) is 0 Å². The van der Waals surface area contributed by atoms with Crippen molar-refractivity contribution in [2.24, 2.45) is 0 Å². The molecule has 2 N–H and O–H groups in total. The van der Waals surface area contributed by atoms with E-state index in [1.807, 2.05) is 43.0 Å². The topological polar surface area (TPSA) is 101 Å². The molecule has 0 spiro atoms. The molecule has 0 aliphatic heterocycles. The summed E-state index contributed by atoms with van der Waals surface area (Å²) in [6.45, 7) is 4.33. The summed E-state index contributed by atoms with van der Waals surface area (Å²) in [5.74, 6) is 13.4. The van der Waals surface area contributed by atoms with Crippen molar-refractivity contribution >= 4 is 0 Å². The number of aryl methyl sites for hydroxylation is 2. The fourth-order valence-electron chi connectivity index (χ4n) is 4.84. The summed E-state index contributed by atoms with van der Waals surface area (Å²) >= 11 is 0. The third-order valence-electron chi connectivity index (χ3n) is 7.56. The largest absolute Gasteiger partial charge is 0.394 e. The minimum Gasteiger partial charge on any atom is -0.394 e. The quantitative estimate of drug-likeness (QED) is 0.114. The average molecular weight is 611 g/mol. The van der Waals surface area contributed by atoms with Crippen LogP contribution in [0.25, 0.3) is 0 Å². The maximum absolute atomic E-state index is 9.70. The number of nitrogens with zero attached hydrogens (tertiary/aromatic N) is 4. The van der Waals surface area contributed by atoms with Gasteiger partial charge in [0, 0.05) is 35.9 Å². The predicted octanol–water partition coefficient (Wildman–Crippen LogP) is 6.74. The molecule has 3 aromatic rings. The lowest BCUT2D eigenvalue weighted by Crippen LogP contribution is -2.19. The maximum atomic E-state index is 9.70. The Labute approximate surface area is 270 Å². The van der Waals surface area contributed by atoms with E-state index in [1.54, 1.807) is 0 Å². The van der Waals surface area contributed by atoms with Crippen LogP contribution >= 0.6 is 0 Å². The molecule has 1 aromatic carbocycles. The average Bonchev–Trinajstić information content (AvgIpc) is 3.07. The number of benzene rings is 1. The summed E-state index contributed by atoms with van der Waals surface area (Å²) in [5, 5.41) is 18.8. The third kappa shape index (κ3) is 14.8. The lowest BCUT2D eigenvalue weighted by atomic mass is 10.0. The Morgan fingerprint density at radius 3 is 1.71 bits per heavy atom. The van der Waals surface area contributed by atoms with Gasteiger partial charge in [0.15, 0.2) is 0 Å². The predicted molar refractivity (Wildman–Crippen MR) is 179 cm³/mol. The van der Waals surface area contributed by atoms with Crippen molar-refractivity contribution in [1.82, 2.24) is 19.9 Å². The number of aliphatic hydroxyl groups excluding tert-OH is 2. The van der Waals surface area contributed by atoms with E-state index in [4.69, 9.17) is 9.84 Å². The van der Waals surface area contributed by atoms with Crippen LogP contribution in [0.3, 0.4) is 0 Å². The molecular formula is C38H50N4O3. The van der Waals surface area contributed by atoms with Crippen molar-refractivity contribution in [1.29, 1.82) is 0 Å². The van der Waals surface area contributed by atoms with Crippen LogP contribution in [-0.4, -0.2) is 49.5 Å². The number of aromatic nitrogens is 4. The highest BCUT2D eigenvalue weighted by atomic mass is 16.5. The van der Waals surface area contributed by atoms with Gasteiger partial charge in [0.05, 0.1) is 19.8 Å². The zero-order valence-corrected chi connectivity index (χ0v) is 27.2. The number of ether oxygens (including phenoxy) is 1. The number of hydrogen-bond donors (Lipinski definition) is 2. The van der Waals surface area contributed by atoms with E-state index in [1.165, 1.54) is 64.2 Å². The molecule has 2 heterocycles. The summed E-state index contributed by atoms with van der Waals surface area (Å²) in [4.78, 5) is 17.8. The SMILES string of the molecule is CCCCCCCCc1cnc(C#Cc2ccc(C#Cc3ncc(CCCCCCCC)cn3)c(COCC(O)CO)c2)nc1. The van der Waals surface area contributed by atoms with E-state index >= 15 is 0 Å². The van der Waals surface area contributed by atoms with E-state index in [0.717, 1.165) is 53.5 Å². The van der Waals surface area contributed by atoms with Gasteiger partial charge in [0.25, 0.3) is 0 Å². The number of unbranched alkanes of at least 4 members (excludes halogenated alkanes) is 10. The van der Waals surface area contributed by atoms with Gasteiger partial charge in [-0.2, -0.15) is 0 Å². The van der Waals surface area contributed by atoms with Crippen LogP contribution in [0.4, 0.5) is 0 Å². The minimum atomic E-state index is -0.938. The van der Waals surface area contributed by atoms with Crippen LogP contribution in [-0.2, 0) is 24.2 Å². The van der Waals surface area contributed by atoms with E-state index in [9.17, 15) is 5.11 Å². The molecule has 1 atom stereocenters. The second-order valence-electron chi connectivity index (χ2n) is 11.6. The molecule has 1 unspecified atom stereocenters. The second-order valence-corrected chi connectivity index (χ2v) is 11.6. The maximum Gasteiger partial charge on any atom is 0.205 e. The van der Waals surface area contributed by atoms with Crippen LogP contribution in [0.5, 0.6) is 0 Å². The molecule has 2 aromatic heterocycles. The fourth-order valence-corrected chi connectivity index (χ4v) is 4.84. The van der Waals surface area contributed by atoms with Crippen LogP contribution in [0.1, 0.15) is 130 Å². The lowest BCUT2D eigenvalue weighted by Gasteiger charge is -2.10. The molecule has 7 nitrogen and oxygen atoms in total. The third-order valence-corrected chi connectivity index (χ3v) is 7.56. The molecule has 0 aliphatic rings. The molecular weight excluding hydrogens is 560 g/mol. The molecule has 0 aliphatic carbocycles. The van der Waals surface area contributed by atoms with Gasteiger partial charge in [0.2, 0.25) is 11.6 Å². The smallest absolute Gasteiger partial charge is 0.205 e. The number of aliphatic hydroxyl groups is 2. The Morgan fingerprint density at radius 1 is 0.667 bits per heavy atom. The van der Waals surface area contributed by atoms with Gasteiger partial charge in [-0.25, -0.2) is 19.9 Å². The van der Waals surface area contributed by atoms with Gasteiger partial charge in [-0.15, -0.1) is 0 Å². The first-order valence-electron chi connectivity index (χ1n) is 16.8. The molecule has 0 saturated carbocycles. The van der Waals surface area contributed by atoms with Crippen molar-refractivity contribution in [2.75, 3.05) is 13.2 Å². The molecule has 45 heavy (non-hydrogen) atoms. The Hall–Kier alpha value is -3.62. The van der Waals surface area contributed by atoms with Gasteiger partial charge in [-0.1, -0.05) is 89.9 Å². The first-order chi connectivity index (χ1) is 22.1. The van der Waals surface area contributed by atoms with Gasteiger partial charge < -0.3 is 14.9 Å². The second kappa shape index (κ2) is 22.0. The van der Waals surface area contributed by atoms with E-state index in [2.05, 4.69) is 57.5 Å². The summed E-state index contributed by atoms with van der Waals surface area (Å²) in [7, 11) is 0. The Morgan fingerprint density at radius 2 is 1.18 bits per heavy atom. The van der Waals surface area contributed by atoms with Gasteiger partial charge in [-0.05, 0) is 72.4 Å². The van der Waals surface area contributed by atoms with Crippen molar-refractivity contribution in [3.05, 3.63) is 82.5 Å². The zero-order chi connectivity index (χ0) is 32.0. The minimum absolute atomic E-state index is 0.0153. The molecule has 0 saturated heterocycles. The van der Waals surface area contributed by atoms with E-state index in [-0.39, 0.29) is 19.8 Å². The van der Waals surface area contributed by atoms with Crippen LogP contribution < -0.4 is 0 Å². The molecule has 240 valence electrons. The first-order valence-corrected chi connectivity index (χ1v) is 16.8. The molecule has 0 fully saturated rings. The Bertz CT molecular complexity index is 1370. The summed E-state index contributed by atoms with van der Waals surface area (Å²) in [6.07, 6.45) is 23.7. The van der Waals surface area contributed by atoms with E-state index < -0.39 is 6.10 Å². The molecule has 3 rings (SSSR count). The lowest BCUT2D eigenvalue weighted by molar-refractivity contribution is -0.0000266. The highest BCUT2D eigenvalue weighted by Crippen LogP contribution is 2.14. The van der Waals surface area contributed by atoms with Crippen LogP contribution in [0.15, 0.2) is 43.0 Å². The summed E-state index contributed by atoms with van der Waals surface area (Å²) in [6, 6.07) is 5.72. The highest BCUT2D eigenvalue weighted by molar-refractivity contribution is 5.49. The van der Waals surface area contributed by atoms with Crippen molar-refractivity contribution < 1.29 is 14.9 Å². The molecule has 0 radical (unpaired) electrons. The van der Waals surface area contributed by atoms with Gasteiger partial charge in [-0.3, -0.25) is 0 Å². The summed E-state index contributed by atoms with van der Waals surface area (Å²) in [5.41, 5.74) is 4.62. The zero-order valence-electron chi connectivity index (χ0n) is 27.2. The van der Waals surface area contributed by atoms with E-state index in [0.29, 0.717) is 11.6 Å². The Kier molecular flexibility index (Phi) is 17.5.